The maximum atomic E-state index is 13.8. The van der Waals surface area contributed by atoms with Gasteiger partial charge in [0.25, 0.3) is 0 Å². The molecule has 1 aromatic carbocycles. The number of hydrogen-bond acceptors (Lipinski definition) is 11. The van der Waals surface area contributed by atoms with Gasteiger partial charge >= 0.3 is 19.4 Å². The summed E-state index contributed by atoms with van der Waals surface area (Å²) in [7, 11) is -4.40. The number of hydrogen-bond donors (Lipinski definition) is 3. The maximum Gasteiger partial charge on any atom is 0.459 e. The van der Waals surface area contributed by atoms with E-state index >= 15 is 0 Å². The number of aliphatic hydroxyl groups is 1. The molecule has 0 fully saturated rings. The van der Waals surface area contributed by atoms with Crippen LogP contribution in [0, 0.1) is 0 Å². The van der Waals surface area contributed by atoms with Crippen molar-refractivity contribution in [2.75, 3.05) is 18.9 Å². The van der Waals surface area contributed by atoms with Gasteiger partial charge in [0.05, 0.1) is 35.4 Å². The van der Waals surface area contributed by atoms with Crippen molar-refractivity contribution in [3.63, 3.8) is 0 Å². The van der Waals surface area contributed by atoms with Gasteiger partial charge in [-0.3, -0.25) is 13.9 Å². The Kier molecular flexibility index (Phi) is 12.7. The average molecular weight is 622 g/mol. The molecule has 2 rings (SSSR count). The predicted molar refractivity (Wildman–Crippen MR) is 147 cm³/mol. The summed E-state index contributed by atoms with van der Waals surface area (Å²) in [6.45, 7) is 5.07. The number of esters is 1. The van der Waals surface area contributed by atoms with Crippen molar-refractivity contribution in [3.05, 3.63) is 61.4 Å². The number of nitrogens with two attached hydrogens (primary N) is 1. The van der Waals surface area contributed by atoms with Crippen LogP contribution in [0.5, 0.6) is 5.75 Å². The van der Waals surface area contributed by atoms with E-state index in [0.29, 0.717) is 0 Å². The molecule has 4 N–H and O–H groups in total. The maximum absolute atomic E-state index is 13.8. The van der Waals surface area contributed by atoms with E-state index in [-0.39, 0.29) is 28.2 Å². The quantitative estimate of drug-likeness (QED) is 0.0853. The van der Waals surface area contributed by atoms with Gasteiger partial charge < -0.3 is 24.8 Å². The van der Waals surface area contributed by atoms with Crippen molar-refractivity contribution < 1.29 is 33.0 Å². The van der Waals surface area contributed by atoms with E-state index in [0.717, 1.165) is 4.57 Å². The molecule has 0 bridgehead atoms. The summed E-state index contributed by atoms with van der Waals surface area (Å²) in [5.41, 5.74) is 13.5. The van der Waals surface area contributed by atoms with Crippen molar-refractivity contribution >= 4 is 42.7 Å². The molecule has 0 spiro atoms. The fraction of sp³-hybridized carbons (Fsp3) is 0.500. The first-order chi connectivity index (χ1) is 18.7. The summed E-state index contributed by atoms with van der Waals surface area (Å²) < 4.78 is 36.9. The van der Waals surface area contributed by atoms with Crippen LogP contribution in [0.1, 0.15) is 33.9 Å². The molecular weight excluding hydrogens is 592 g/mol. The molecule has 220 valence electrons. The smallest absolute Gasteiger partial charge is 0.459 e. The van der Waals surface area contributed by atoms with Crippen molar-refractivity contribution in [2.45, 2.75) is 58.3 Å². The second-order valence-electron chi connectivity index (χ2n) is 8.62. The van der Waals surface area contributed by atoms with E-state index in [1.807, 2.05) is 0 Å². The van der Waals surface area contributed by atoms with Crippen LogP contribution >= 0.6 is 30.9 Å². The molecule has 0 radical (unpaired) electrons. The average Bonchev–Trinajstić information content (AvgIpc) is 2.85. The number of ether oxygens (including phenoxy) is 2. The second-order valence-corrected chi connectivity index (χ2v) is 11.1. The van der Waals surface area contributed by atoms with Gasteiger partial charge in [0.15, 0.2) is 0 Å². The van der Waals surface area contributed by atoms with Crippen molar-refractivity contribution in [1.82, 2.24) is 14.6 Å². The number of nitrogen functional groups attached to an aromatic ring is 1. The molecule has 2 aromatic rings. The third-order valence-corrected chi connectivity index (χ3v) is 7.30. The number of anilines is 1. The monoisotopic (exact) mass is 621 g/mol. The van der Waals surface area contributed by atoms with Gasteiger partial charge in [0, 0.05) is 17.2 Å². The standard InChI is InChI=1S/C22H30Cl2N7O8P/c1-12(2)37-21(33)13(3)29-40(35,39-15-5-6-16(23)17(24)9-15)36-11-18(14(4)32)38-20(10-27-30-26)31-8-7-19(25)28-22(31)34/h5-9,12-14,18,20,32H,10-11H2,1-4H3,(H,29,35)(H2,25,28,34)/t13-,14?,18+,20?,40?/m0/s1. The normalized spacial score (nSPS) is 15.8. The van der Waals surface area contributed by atoms with Crippen LogP contribution in [-0.4, -0.2) is 58.1 Å². The van der Waals surface area contributed by atoms with Crippen LogP contribution in [0.3, 0.4) is 0 Å². The third kappa shape index (κ3) is 10.3. The number of carbonyl (C=O) groups excluding carboxylic acids is 1. The number of nitrogens with one attached hydrogen (secondary N) is 1. The van der Waals surface area contributed by atoms with Gasteiger partial charge in [-0.2, -0.15) is 10.1 Å². The van der Waals surface area contributed by atoms with Crippen LogP contribution in [-0.2, 0) is 23.4 Å². The predicted octanol–water partition coefficient (Wildman–Crippen LogP) is 3.84. The summed E-state index contributed by atoms with van der Waals surface area (Å²) in [4.78, 5) is 31.0. The molecule has 40 heavy (non-hydrogen) atoms. The van der Waals surface area contributed by atoms with Gasteiger partial charge in [-0.15, -0.1) is 0 Å². The lowest BCUT2D eigenvalue weighted by Gasteiger charge is -2.29. The van der Waals surface area contributed by atoms with Gasteiger partial charge in [0.2, 0.25) is 0 Å². The zero-order chi connectivity index (χ0) is 30.0. The van der Waals surface area contributed by atoms with E-state index < -0.39 is 56.6 Å². The number of rotatable bonds is 15. The van der Waals surface area contributed by atoms with Gasteiger partial charge in [-0.1, -0.05) is 28.3 Å². The topological polar surface area (TPSA) is 213 Å². The lowest BCUT2D eigenvalue weighted by Crippen LogP contribution is -2.40. The minimum absolute atomic E-state index is 0.00934. The molecule has 0 saturated carbocycles. The lowest BCUT2D eigenvalue weighted by molar-refractivity contribution is -0.149. The van der Waals surface area contributed by atoms with E-state index in [2.05, 4.69) is 20.1 Å². The van der Waals surface area contributed by atoms with Crippen LogP contribution in [0.15, 0.2) is 40.4 Å². The highest BCUT2D eigenvalue weighted by Crippen LogP contribution is 2.46. The number of nitrogens with zero attached hydrogens (tertiary/aromatic N) is 5. The molecule has 5 atom stereocenters. The first-order valence-electron chi connectivity index (χ1n) is 11.8. The molecule has 1 heterocycles. The van der Waals surface area contributed by atoms with Crippen LogP contribution in [0.25, 0.3) is 10.4 Å². The van der Waals surface area contributed by atoms with E-state index in [1.165, 1.54) is 44.3 Å². The molecule has 0 aliphatic heterocycles. The molecule has 3 unspecified atom stereocenters. The molecule has 0 amide bonds. The third-order valence-electron chi connectivity index (χ3n) is 4.92. The van der Waals surface area contributed by atoms with Crippen LogP contribution < -0.4 is 21.0 Å². The van der Waals surface area contributed by atoms with Crippen molar-refractivity contribution in [3.8, 4) is 5.75 Å². The fourth-order valence-electron chi connectivity index (χ4n) is 3.00. The molecule has 18 heteroatoms. The Morgan fingerprint density at radius 3 is 2.55 bits per heavy atom. The minimum atomic E-state index is -4.40. The Balaban J connectivity index is 2.33. The van der Waals surface area contributed by atoms with Gasteiger partial charge in [-0.25, -0.2) is 9.36 Å². The van der Waals surface area contributed by atoms with Crippen LogP contribution in [0.4, 0.5) is 5.82 Å². The van der Waals surface area contributed by atoms with Gasteiger partial charge in [0.1, 0.15) is 29.9 Å². The summed E-state index contributed by atoms with van der Waals surface area (Å²) in [5, 5.41) is 16.6. The molecule has 0 aliphatic rings. The second kappa shape index (κ2) is 15.2. The highest BCUT2D eigenvalue weighted by Gasteiger charge is 2.35. The molecular formula is C22H30Cl2N7O8P. The Morgan fingerprint density at radius 2 is 1.98 bits per heavy atom. The highest BCUT2D eigenvalue weighted by atomic mass is 35.5. The molecule has 1 aromatic heterocycles. The molecule has 0 aliphatic carbocycles. The zero-order valence-corrected chi connectivity index (χ0v) is 24.4. The molecule has 0 saturated heterocycles. The van der Waals surface area contributed by atoms with E-state index in [4.69, 9.17) is 53.0 Å². The Morgan fingerprint density at radius 1 is 1.27 bits per heavy atom. The van der Waals surface area contributed by atoms with Crippen molar-refractivity contribution in [1.29, 1.82) is 0 Å². The summed E-state index contributed by atoms with van der Waals surface area (Å²) in [6.07, 6.45) is -2.94. The van der Waals surface area contributed by atoms with Crippen LogP contribution in [0.2, 0.25) is 10.0 Å². The Labute approximate surface area is 239 Å². The summed E-state index contributed by atoms with van der Waals surface area (Å²) in [6, 6.07) is 4.24. The molecule has 15 nitrogen and oxygen atoms in total. The van der Waals surface area contributed by atoms with Crippen molar-refractivity contribution in [2.24, 2.45) is 5.11 Å². The van der Waals surface area contributed by atoms with Gasteiger partial charge in [-0.05, 0) is 51.4 Å². The largest absolute Gasteiger partial charge is 0.462 e. The number of aromatic nitrogens is 2. The zero-order valence-electron chi connectivity index (χ0n) is 22.0. The minimum Gasteiger partial charge on any atom is -0.462 e. The fourth-order valence-corrected chi connectivity index (χ4v) is 4.78. The highest BCUT2D eigenvalue weighted by molar-refractivity contribution is 7.52. The Hall–Kier alpha value is -2.87. The lowest BCUT2D eigenvalue weighted by atomic mass is 10.2. The summed E-state index contributed by atoms with van der Waals surface area (Å²) >= 11 is 12.0. The number of halogens is 2. The summed E-state index contributed by atoms with van der Waals surface area (Å²) in [5.74, 6) is -0.787. The first kappa shape index (κ1) is 33.3. The Bertz CT molecular complexity index is 1320. The SMILES string of the molecule is CC(C)OC(=O)[C@H](C)NP(=O)(OC[C@@H](OC(CN=[N+]=[N-])n1ccc(N)nc1=O)C(C)O)Oc1ccc(Cl)c(Cl)c1. The van der Waals surface area contributed by atoms with E-state index in [1.54, 1.807) is 13.8 Å². The number of azide groups is 1. The number of benzene rings is 1. The first-order valence-corrected chi connectivity index (χ1v) is 14.1. The number of aliphatic hydroxyl groups excluding tert-OH is 1. The number of carbonyl (C=O) groups is 1. The van der Waals surface area contributed by atoms with E-state index in [9.17, 15) is 19.3 Å².